The van der Waals surface area contributed by atoms with Crippen molar-refractivity contribution in [3.05, 3.63) is 60.9 Å². The summed E-state index contributed by atoms with van der Waals surface area (Å²) < 4.78 is 0. The monoisotopic (exact) mass is 294 g/mol. The first-order chi connectivity index (χ1) is 10.4. The number of rotatable bonds is 4. The van der Waals surface area contributed by atoms with E-state index in [-0.39, 0.29) is 0 Å². The molecule has 1 N–H and O–H groups in total. The van der Waals surface area contributed by atoms with Gasteiger partial charge >= 0.3 is 0 Å². The van der Waals surface area contributed by atoms with E-state index in [9.17, 15) is 0 Å². The highest BCUT2D eigenvalue weighted by molar-refractivity contribution is 7.99. The van der Waals surface area contributed by atoms with Crippen molar-refractivity contribution < 1.29 is 0 Å². The number of hydrogen-bond donors (Lipinski definition) is 1. The topological polar surface area (TPSA) is 50.7 Å². The molecule has 2 heterocycles. The third kappa shape index (κ3) is 3.20. The number of anilines is 1. The molecule has 0 spiro atoms. The third-order valence-corrected chi connectivity index (χ3v) is 3.91. The Morgan fingerprint density at radius 1 is 0.905 bits per heavy atom. The Kier molecular flexibility index (Phi) is 4.12. The van der Waals surface area contributed by atoms with E-state index in [4.69, 9.17) is 0 Å². The maximum atomic E-state index is 4.49. The summed E-state index contributed by atoms with van der Waals surface area (Å²) in [6.07, 6.45) is 3.55. The van der Waals surface area contributed by atoms with Gasteiger partial charge in [-0.1, -0.05) is 30.0 Å². The van der Waals surface area contributed by atoms with Crippen molar-refractivity contribution in [3.8, 4) is 11.3 Å². The van der Waals surface area contributed by atoms with Gasteiger partial charge in [-0.05, 0) is 30.3 Å². The standard InChI is InChI=1S/C16H14N4S/c1-17-16-19-11-9-14(20-16)13-8-5-10-18-15(13)21-12-6-3-2-4-7-12/h2-11H,1H3,(H,17,19,20). The number of hydrogen-bond acceptors (Lipinski definition) is 5. The van der Waals surface area contributed by atoms with Crippen LogP contribution in [0.15, 0.2) is 70.8 Å². The molecule has 1 aromatic carbocycles. The minimum atomic E-state index is 0.604. The van der Waals surface area contributed by atoms with Crippen LogP contribution in [-0.4, -0.2) is 22.0 Å². The van der Waals surface area contributed by atoms with Crippen LogP contribution in [0.3, 0.4) is 0 Å². The molecule has 0 saturated carbocycles. The summed E-state index contributed by atoms with van der Waals surface area (Å²) in [5, 5.41) is 3.89. The van der Waals surface area contributed by atoms with Gasteiger partial charge in [0, 0.05) is 29.9 Å². The van der Waals surface area contributed by atoms with Gasteiger partial charge in [0.2, 0.25) is 5.95 Å². The van der Waals surface area contributed by atoms with Crippen LogP contribution >= 0.6 is 11.8 Å². The molecule has 0 unspecified atom stereocenters. The van der Waals surface area contributed by atoms with E-state index in [1.165, 1.54) is 0 Å². The molecule has 0 aliphatic carbocycles. The largest absolute Gasteiger partial charge is 0.357 e. The molecule has 21 heavy (non-hydrogen) atoms. The van der Waals surface area contributed by atoms with E-state index < -0.39 is 0 Å². The quantitative estimate of drug-likeness (QED) is 0.794. The summed E-state index contributed by atoms with van der Waals surface area (Å²) in [7, 11) is 1.81. The molecule has 0 amide bonds. The SMILES string of the molecule is CNc1nccc(-c2cccnc2Sc2ccccc2)n1. The second-order valence-electron chi connectivity index (χ2n) is 4.29. The lowest BCUT2D eigenvalue weighted by Crippen LogP contribution is -1.97. The van der Waals surface area contributed by atoms with E-state index in [1.807, 2.05) is 43.4 Å². The van der Waals surface area contributed by atoms with Crippen LogP contribution in [0.25, 0.3) is 11.3 Å². The molecule has 0 aliphatic rings. The van der Waals surface area contributed by atoms with Crippen molar-refractivity contribution in [2.75, 3.05) is 12.4 Å². The molecule has 4 nitrogen and oxygen atoms in total. The Bertz CT molecular complexity index is 731. The molecular weight excluding hydrogens is 280 g/mol. The van der Waals surface area contributed by atoms with Gasteiger partial charge in [-0.3, -0.25) is 0 Å². The molecule has 0 radical (unpaired) electrons. The van der Waals surface area contributed by atoms with Gasteiger partial charge in [-0.25, -0.2) is 15.0 Å². The molecule has 3 aromatic rings. The molecule has 0 atom stereocenters. The molecular formula is C16H14N4S. The van der Waals surface area contributed by atoms with E-state index in [0.717, 1.165) is 21.2 Å². The maximum Gasteiger partial charge on any atom is 0.222 e. The average molecular weight is 294 g/mol. The zero-order chi connectivity index (χ0) is 14.5. The van der Waals surface area contributed by atoms with Gasteiger partial charge in [-0.2, -0.15) is 0 Å². The zero-order valence-electron chi connectivity index (χ0n) is 11.5. The van der Waals surface area contributed by atoms with E-state index in [2.05, 4.69) is 32.4 Å². The smallest absolute Gasteiger partial charge is 0.222 e. The number of nitrogens with one attached hydrogen (secondary N) is 1. The summed E-state index contributed by atoms with van der Waals surface area (Å²) in [5.74, 6) is 0.604. The molecule has 0 saturated heterocycles. The first-order valence-electron chi connectivity index (χ1n) is 6.56. The van der Waals surface area contributed by atoms with Crippen molar-refractivity contribution in [2.45, 2.75) is 9.92 Å². The Morgan fingerprint density at radius 2 is 1.76 bits per heavy atom. The zero-order valence-corrected chi connectivity index (χ0v) is 12.3. The van der Waals surface area contributed by atoms with Crippen LogP contribution < -0.4 is 5.32 Å². The number of nitrogens with zero attached hydrogens (tertiary/aromatic N) is 3. The van der Waals surface area contributed by atoms with Gasteiger partial charge in [0.25, 0.3) is 0 Å². The molecule has 2 aromatic heterocycles. The van der Waals surface area contributed by atoms with Crippen LogP contribution in [-0.2, 0) is 0 Å². The Hall–Kier alpha value is -2.40. The highest BCUT2D eigenvalue weighted by Gasteiger charge is 2.09. The van der Waals surface area contributed by atoms with E-state index >= 15 is 0 Å². The normalized spacial score (nSPS) is 10.3. The molecule has 0 aliphatic heterocycles. The van der Waals surface area contributed by atoms with E-state index in [1.54, 1.807) is 24.2 Å². The minimum Gasteiger partial charge on any atom is -0.357 e. The Labute approximate surface area is 127 Å². The van der Waals surface area contributed by atoms with Gasteiger partial charge in [0.05, 0.1) is 5.69 Å². The maximum absolute atomic E-state index is 4.49. The van der Waals surface area contributed by atoms with Gasteiger partial charge in [-0.15, -0.1) is 0 Å². The third-order valence-electron chi connectivity index (χ3n) is 2.88. The van der Waals surface area contributed by atoms with Gasteiger partial charge in [0.15, 0.2) is 0 Å². The summed E-state index contributed by atoms with van der Waals surface area (Å²) in [4.78, 5) is 14.3. The van der Waals surface area contributed by atoms with E-state index in [0.29, 0.717) is 5.95 Å². The Balaban J connectivity index is 1.99. The molecule has 3 rings (SSSR count). The van der Waals surface area contributed by atoms with Crippen molar-refractivity contribution >= 4 is 17.7 Å². The van der Waals surface area contributed by atoms with Crippen LogP contribution in [0.1, 0.15) is 0 Å². The lowest BCUT2D eigenvalue weighted by Gasteiger charge is -2.08. The second-order valence-corrected chi connectivity index (χ2v) is 5.35. The highest BCUT2D eigenvalue weighted by Crippen LogP contribution is 2.33. The Morgan fingerprint density at radius 3 is 2.57 bits per heavy atom. The molecule has 104 valence electrons. The fraction of sp³-hybridized carbons (Fsp3) is 0.0625. The van der Waals surface area contributed by atoms with Gasteiger partial charge in [0.1, 0.15) is 5.03 Å². The van der Waals surface area contributed by atoms with Crippen molar-refractivity contribution in [3.63, 3.8) is 0 Å². The molecule has 0 fully saturated rings. The first-order valence-corrected chi connectivity index (χ1v) is 7.37. The average Bonchev–Trinajstić information content (AvgIpc) is 2.56. The predicted molar refractivity (Wildman–Crippen MR) is 85.4 cm³/mol. The summed E-state index contributed by atoms with van der Waals surface area (Å²) in [5.41, 5.74) is 1.87. The number of pyridine rings is 1. The van der Waals surface area contributed by atoms with Crippen LogP contribution in [0.2, 0.25) is 0 Å². The fourth-order valence-corrected chi connectivity index (χ4v) is 2.81. The summed E-state index contributed by atoms with van der Waals surface area (Å²) in [6, 6.07) is 16.0. The van der Waals surface area contributed by atoms with Crippen LogP contribution in [0.4, 0.5) is 5.95 Å². The lowest BCUT2D eigenvalue weighted by molar-refractivity contribution is 1.10. The predicted octanol–water partition coefficient (Wildman–Crippen LogP) is 3.73. The van der Waals surface area contributed by atoms with Gasteiger partial charge < -0.3 is 5.32 Å². The molecule has 5 heteroatoms. The lowest BCUT2D eigenvalue weighted by atomic mass is 10.2. The second kappa shape index (κ2) is 6.37. The number of benzene rings is 1. The van der Waals surface area contributed by atoms with Crippen molar-refractivity contribution in [1.29, 1.82) is 0 Å². The van der Waals surface area contributed by atoms with Crippen molar-refractivity contribution in [2.24, 2.45) is 0 Å². The minimum absolute atomic E-state index is 0.604. The first kappa shape index (κ1) is 13.6. The van der Waals surface area contributed by atoms with Crippen LogP contribution in [0.5, 0.6) is 0 Å². The summed E-state index contributed by atoms with van der Waals surface area (Å²) in [6.45, 7) is 0. The number of aromatic nitrogens is 3. The van der Waals surface area contributed by atoms with Crippen LogP contribution in [0, 0.1) is 0 Å². The fourth-order valence-electron chi connectivity index (χ4n) is 1.90. The highest BCUT2D eigenvalue weighted by atomic mass is 32.2. The van der Waals surface area contributed by atoms with Crippen molar-refractivity contribution in [1.82, 2.24) is 15.0 Å². The molecule has 0 bridgehead atoms. The summed E-state index contributed by atoms with van der Waals surface area (Å²) >= 11 is 1.63.